The first-order chi connectivity index (χ1) is 16.0. The summed E-state index contributed by atoms with van der Waals surface area (Å²) in [5.74, 6) is -0.536. The summed E-state index contributed by atoms with van der Waals surface area (Å²) in [5.41, 5.74) is 5.57. The Hall–Kier alpha value is -3.49. The number of carbonyl (C=O) groups excluding carboxylic acids is 1. The maximum atomic E-state index is 13.8. The standard InChI is InChI=1S/C28H26FN3O/c1-20-5-10-26-25(15-20)28(19-32(26)27(33)23-3-2-4-24(29)16-23)11-13-31(14-12-28)18-22-8-6-21(17-30)7-9-22/h2-10,15-16H,11-14,18-19H2,1H3. The Morgan fingerprint density at radius 3 is 2.52 bits per heavy atom. The van der Waals surface area contributed by atoms with Crippen LogP contribution in [0, 0.1) is 24.1 Å². The van der Waals surface area contributed by atoms with Gasteiger partial charge in [0, 0.05) is 29.8 Å². The highest BCUT2D eigenvalue weighted by atomic mass is 19.1. The predicted molar refractivity (Wildman–Crippen MR) is 127 cm³/mol. The normalized spacial score (nSPS) is 17.1. The van der Waals surface area contributed by atoms with E-state index in [2.05, 4.69) is 24.0 Å². The Kier molecular flexibility index (Phi) is 5.47. The van der Waals surface area contributed by atoms with Crippen LogP contribution < -0.4 is 4.90 Å². The fourth-order valence-corrected chi connectivity index (χ4v) is 5.25. The number of aryl methyl sites for hydroxylation is 1. The van der Waals surface area contributed by atoms with Gasteiger partial charge in [-0.1, -0.05) is 35.9 Å². The van der Waals surface area contributed by atoms with E-state index in [1.165, 1.54) is 28.8 Å². The molecule has 0 radical (unpaired) electrons. The molecule has 1 saturated heterocycles. The first kappa shape index (κ1) is 21.4. The van der Waals surface area contributed by atoms with Crippen LogP contribution >= 0.6 is 0 Å². The van der Waals surface area contributed by atoms with E-state index >= 15 is 0 Å². The molecule has 3 aromatic carbocycles. The molecule has 0 aromatic heterocycles. The third kappa shape index (κ3) is 4.03. The highest BCUT2D eigenvalue weighted by Crippen LogP contribution is 2.48. The van der Waals surface area contributed by atoms with Crippen LogP contribution in [0.25, 0.3) is 0 Å². The number of rotatable bonds is 3. The van der Waals surface area contributed by atoms with Crippen molar-refractivity contribution in [2.75, 3.05) is 24.5 Å². The van der Waals surface area contributed by atoms with Gasteiger partial charge in [0.25, 0.3) is 5.91 Å². The van der Waals surface area contributed by atoms with Gasteiger partial charge in [0.2, 0.25) is 0 Å². The van der Waals surface area contributed by atoms with Crippen LogP contribution in [0.4, 0.5) is 10.1 Å². The Labute approximate surface area is 193 Å². The summed E-state index contributed by atoms with van der Waals surface area (Å²) in [6.45, 7) is 5.45. The Bertz CT molecular complexity index is 1240. The molecule has 0 unspecified atom stereocenters. The van der Waals surface area contributed by atoms with E-state index in [0.29, 0.717) is 17.7 Å². The van der Waals surface area contributed by atoms with Gasteiger partial charge in [-0.25, -0.2) is 4.39 Å². The maximum Gasteiger partial charge on any atom is 0.258 e. The van der Waals surface area contributed by atoms with Gasteiger partial charge in [0.05, 0.1) is 11.6 Å². The summed E-state index contributed by atoms with van der Waals surface area (Å²) < 4.78 is 13.8. The molecule has 3 aromatic rings. The summed E-state index contributed by atoms with van der Waals surface area (Å²) in [4.78, 5) is 17.6. The second-order valence-electron chi connectivity index (χ2n) is 9.29. The van der Waals surface area contributed by atoms with Gasteiger partial charge in [-0.05, 0) is 80.4 Å². The fraction of sp³-hybridized carbons (Fsp3) is 0.286. The molecule has 5 heteroatoms. The van der Waals surface area contributed by atoms with Gasteiger partial charge in [0.1, 0.15) is 5.82 Å². The minimum Gasteiger partial charge on any atom is -0.307 e. The SMILES string of the molecule is Cc1ccc2c(c1)C1(CCN(Cc3ccc(C#N)cc3)CC1)CN2C(=O)c1cccc(F)c1. The van der Waals surface area contributed by atoms with E-state index in [9.17, 15) is 9.18 Å². The highest BCUT2D eigenvalue weighted by molar-refractivity contribution is 6.07. The zero-order valence-corrected chi connectivity index (χ0v) is 18.7. The van der Waals surface area contributed by atoms with Crippen molar-refractivity contribution in [2.45, 2.75) is 31.7 Å². The van der Waals surface area contributed by atoms with Crippen molar-refractivity contribution in [2.24, 2.45) is 0 Å². The molecule has 33 heavy (non-hydrogen) atoms. The number of hydrogen-bond acceptors (Lipinski definition) is 3. The molecule has 1 fully saturated rings. The van der Waals surface area contributed by atoms with E-state index in [0.717, 1.165) is 38.2 Å². The van der Waals surface area contributed by atoms with Crippen LogP contribution in [-0.2, 0) is 12.0 Å². The third-order valence-corrected chi connectivity index (χ3v) is 7.09. The quantitative estimate of drug-likeness (QED) is 0.564. The number of amides is 1. The Morgan fingerprint density at radius 2 is 1.82 bits per heavy atom. The maximum absolute atomic E-state index is 13.8. The molecule has 0 aliphatic carbocycles. The van der Waals surface area contributed by atoms with Gasteiger partial charge in [-0.2, -0.15) is 5.26 Å². The van der Waals surface area contributed by atoms with Crippen LogP contribution in [0.15, 0.2) is 66.7 Å². The van der Waals surface area contributed by atoms with Crippen molar-refractivity contribution < 1.29 is 9.18 Å². The largest absolute Gasteiger partial charge is 0.307 e. The highest BCUT2D eigenvalue weighted by Gasteiger charge is 2.46. The number of hydrogen-bond donors (Lipinski definition) is 0. The lowest BCUT2D eigenvalue weighted by Crippen LogP contribution is -2.45. The van der Waals surface area contributed by atoms with Crippen LogP contribution in [-0.4, -0.2) is 30.4 Å². The summed E-state index contributed by atoms with van der Waals surface area (Å²) in [7, 11) is 0. The second kappa shape index (κ2) is 8.46. The topological polar surface area (TPSA) is 47.3 Å². The molecule has 4 nitrogen and oxygen atoms in total. The van der Waals surface area contributed by atoms with Crippen molar-refractivity contribution in [1.29, 1.82) is 5.26 Å². The van der Waals surface area contributed by atoms with Crippen LogP contribution in [0.1, 0.15) is 45.5 Å². The lowest BCUT2D eigenvalue weighted by atomic mass is 9.74. The van der Waals surface area contributed by atoms with Crippen molar-refractivity contribution in [3.63, 3.8) is 0 Å². The minimum atomic E-state index is -0.394. The van der Waals surface area contributed by atoms with Gasteiger partial charge in [-0.15, -0.1) is 0 Å². The lowest BCUT2D eigenvalue weighted by Gasteiger charge is -2.40. The van der Waals surface area contributed by atoms with E-state index < -0.39 is 5.82 Å². The first-order valence-corrected chi connectivity index (χ1v) is 11.4. The second-order valence-corrected chi connectivity index (χ2v) is 9.29. The molecule has 2 aliphatic rings. The zero-order chi connectivity index (χ0) is 23.0. The Morgan fingerprint density at radius 1 is 1.06 bits per heavy atom. The molecule has 1 spiro atoms. The minimum absolute atomic E-state index is 0.0779. The summed E-state index contributed by atoms with van der Waals surface area (Å²) in [6, 6.07) is 22.2. The molecule has 1 amide bonds. The number of piperidine rings is 1. The number of carbonyl (C=O) groups is 1. The van der Waals surface area contributed by atoms with Crippen LogP contribution in [0.5, 0.6) is 0 Å². The molecule has 0 bridgehead atoms. The molecule has 2 heterocycles. The van der Waals surface area contributed by atoms with Gasteiger partial charge < -0.3 is 4.90 Å². The number of nitrogens with zero attached hydrogens (tertiary/aromatic N) is 3. The summed E-state index contributed by atoms with van der Waals surface area (Å²) in [6.07, 6.45) is 1.93. The van der Waals surface area contributed by atoms with Crippen molar-refractivity contribution >= 4 is 11.6 Å². The number of nitriles is 1. The number of benzene rings is 3. The molecule has 166 valence electrons. The molecular weight excluding hydrogens is 413 g/mol. The third-order valence-electron chi connectivity index (χ3n) is 7.09. The van der Waals surface area contributed by atoms with Crippen LogP contribution in [0.3, 0.4) is 0 Å². The van der Waals surface area contributed by atoms with Gasteiger partial charge in [0.15, 0.2) is 0 Å². The molecule has 0 atom stereocenters. The monoisotopic (exact) mass is 439 g/mol. The lowest BCUT2D eigenvalue weighted by molar-refractivity contribution is 0.0975. The first-order valence-electron chi connectivity index (χ1n) is 11.4. The molecular formula is C28H26FN3O. The van der Waals surface area contributed by atoms with Gasteiger partial charge in [-0.3, -0.25) is 9.69 Å². The van der Waals surface area contributed by atoms with E-state index in [1.807, 2.05) is 41.3 Å². The van der Waals surface area contributed by atoms with Gasteiger partial charge >= 0.3 is 0 Å². The fourth-order valence-electron chi connectivity index (χ4n) is 5.25. The van der Waals surface area contributed by atoms with Crippen molar-refractivity contribution in [3.8, 4) is 6.07 Å². The van der Waals surface area contributed by atoms with Crippen molar-refractivity contribution in [1.82, 2.24) is 4.90 Å². The molecule has 0 saturated carbocycles. The average molecular weight is 440 g/mol. The molecule has 0 N–H and O–H groups in total. The molecule has 5 rings (SSSR count). The number of likely N-dealkylation sites (tertiary alicyclic amines) is 1. The van der Waals surface area contributed by atoms with E-state index in [1.54, 1.807) is 12.1 Å². The molecule has 2 aliphatic heterocycles. The summed E-state index contributed by atoms with van der Waals surface area (Å²) >= 11 is 0. The van der Waals surface area contributed by atoms with Crippen LogP contribution in [0.2, 0.25) is 0 Å². The van der Waals surface area contributed by atoms with E-state index in [4.69, 9.17) is 5.26 Å². The summed E-state index contributed by atoms with van der Waals surface area (Å²) in [5, 5.41) is 9.01. The number of halogens is 1. The number of fused-ring (bicyclic) bond motifs is 2. The zero-order valence-electron chi connectivity index (χ0n) is 18.7. The van der Waals surface area contributed by atoms with Crippen molar-refractivity contribution in [3.05, 3.63) is 100 Å². The van der Waals surface area contributed by atoms with E-state index in [-0.39, 0.29) is 11.3 Å². The number of anilines is 1. The average Bonchev–Trinajstić information content (AvgIpc) is 3.14. The Balaban J connectivity index is 1.37. The smallest absolute Gasteiger partial charge is 0.258 e. The predicted octanol–water partition coefficient (Wildman–Crippen LogP) is 5.20.